The van der Waals surface area contributed by atoms with E-state index in [0.717, 1.165) is 22.6 Å². The van der Waals surface area contributed by atoms with Gasteiger partial charge >= 0.3 is 6.18 Å². The number of rotatable bonds is 4. The lowest BCUT2D eigenvalue weighted by molar-refractivity contribution is -0.137. The molecule has 4 aromatic rings. The van der Waals surface area contributed by atoms with Gasteiger partial charge < -0.3 is 0 Å². The highest BCUT2D eigenvalue weighted by atomic mass is 19.4. The fraction of sp³-hybridized carbons (Fsp3) is 0.222. The maximum absolute atomic E-state index is 12.9. The summed E-state index contributed by atoms with van der Waals surface area (Å²) in [6.07, 6.45) is -0.604. The Morgan fingerprint density at radius 1 is 1.04 bits per heavy atom. The number of hydrogen-bond acceptors (Lipinski definition) is 4. The predicted molar refractivity (Wildman–Crippen MR) is 92.4 cm³/mol. The SMILES string of the molecule is CCn1c(-n2cc(C(F)(F)F)cn2)nc2cnc(Cc3ccccc3)nc21. The lowest BCUT2D eigenvalue weighted by Crippen LogP contribution is -2.08. The van der Waals surface area contributed by atoms with Crippen molar-refractivity contribution in [3.05, 3.63) is 65.9 Å². The smallest absolute Gasteiger partial charge is 0.293 e. The Hall–Kier alpha value is -3.23. The third kappa shape index (κ3) is 3.27. The predicted octanol–water partition coefficient (Wildman–Crippen LogP) is 3.64. The molecule has 4 rings (SSSR count). The maximum Gasteiger partial charge on any atom is 0.419 e. The number of hydrogen-bond donors (Lipinski definition) is 0. The molecule has 0 amide bonds. The average molecular weight is 372 g/mol. The van der Waals surface area contributed by atoms with Crippen LogP contribution in [0.3, 0.4) is 0 Å². The monoisotopic (exact) mass is 372 g/mol. The van der Waals surface area contributed by atoms with E-state index in [2.05, 4.69) is 20.1 Å². The zero-order valence-electron chi connectivity index (χ0n) is 14.4. The summed E-state index contributed by atoms with van der Waals surface area (Å²) in [6, 6.07) is 9.79. The molecule has 6 nitrogen and oxygen atoms in total. The second-order valence-corrected chi connectivity index (χ2v) is 5.98. The number of fused-ring (bicyclic) bond motifs is 1. The van der Waals surface area contributed by atoms with E-state index in [-0.39, 0.29) is 5.95 Å². The van der Waals surface area contributed by atoms with Crippen molar-refractivity contribution in [1.29, 1.82) is 0 Å². The molecule has 9 heteroatoms. The van der Waals surface area contributed by atoms with E-state index in [1.54, 1.807) is 10.8 Å². The molecule has 0 saturated carbocycles. The first-order chi connectivity index (χ1) is 13.0. The van der Waals surface area contributed by atoms with E-state index < -0.39 is 11.7 Å². The van der Waals surface area contributed by atoms with Crippen molar-refractivity contribution < 1.29 is 13.2 Å². The fourth-order valence-electron chi connectivity index (χ4n) is 2.85. The molecular formula is C18H15F3N6. The Labute approximate surface area is 152 Å². The summed E-state index contributed by atoms with van der Waals surface area (Å²) >= 11 is 0. The van der Waals surface area contributed by atoms with Gasteiger partial charge in [0.25, 0.3) is 0 Å². The van der Waals surface area contributed by atoms with Gasteiger partial charge in [-0.15, -0.1) is 0 Å². The number of imidazole rings is 1. The standard InChI is InChI=1S/C18H15F3N6/c1-2-26-16-14(10-22-15(25-16)8-12-6-4-3-5-7-12)24-17(26)27-11-13(9-23-27)18(19,20)21/h3-7,9-11H,2,8H2,1H3. The highest BCUT2D eigenvalue weighted by Crippen LogP contribution is 2.29. The summed E-state index contributed by atoms with van der Waals surface area (Å²) < 4.78 is 41.4. The number of aromatic nitrogens is 6. The zero-order chi connectivity index (χ0) is 19.0. The Morgan fingerprint density at radius 3 is 2.48 bits per heavy atom. The van der Waals surface area contributed by atoms with Crippen LogP contribution in [0, 0.1) is 0 Å². The molecule has 0 bridgehead atoms. The summed E-state index contributed by atoms with van der Waals surface area (Å²) in [5, 5.41) is 3.81. The molecule has 0 spiro atoms. The molecule has 0 unspecified atom stereocenters. The fourth-order valence-corrected chi connectivity index (χ4v) is 2.85. The minimum atomic E-state index is -4.45. The highest BCUT2D eigenvalue weighted by Gasteiger charge is 2.32. The van der Waals surface area contributed by atoms with Gasteiger partial charge in [0.1, 0.15) is 11.3 Å². The molecule has 0 radical (unpaired) electrons. The summed E-state index contributed by atoms with van der Waals surface area (Å²) in [5.74, 6) is 0.889. The summed E-state index contributed by atoms with van der Waals surface area (Å²) in [4.78, 5) is 13.3. The van der Waals surface area contributed by atoms with Crippen LogP contribution in [0.5, 0.6) is 0 Å². The third-order valence-electron chi connectivity index (χ3n) is 4.15. The van der Waals surface area contributed by atoms with Crippen LogP contribution in [0.2, 0.25) is 0 Å². The Bertz CT molecular complexity index is 1080. The van der Waals surface area contributed by atoms with Crippen LogP contribution in [0.4, 0.5) is 13.2 Å². The molecular weight excluding hydrogens is 357 g/mol. The lowest BCUT2D eigenvalue weighted by Gasteiger charge is -2.06. The number of benzene rings is 1. The minimum absolute atomic E-state index is 0.272. The van der Waals surface area contributed by atoms with E-state index in [1.165, 1.54) is 0 Å². The minimum Gasteiger partial charge on any atom is -0.293 e. The molecule has 0 fully saturated rings. The molecule has 0 saturated heterocycles. The molecule has 27 heavy (non-hydrogen) atoms. The second-order valence-electron chi connectivity index (χ2n) is 5.98. The van der Waals surface area contributed by atoms with Gasteiger partial charge in [0.2, 0.25) is 5.95 Å². The van der Waals surface area contributed by atoms with Crippen molar-refractivity contribution in [3.8, 4) is 5.95 Å². The molecule has 3 heterocycles. The van der Waals surface area contributed by atoms with Crippen LogP contribution < -0.4 is 0 Å². The van der Waals surface area contributed by atoms with Gasteiger partial charge in [-0.25, -0.2) is 19.6 Å². The quantitative estimate of drug-likeness (QED) is 0.549. The van der Waals surface area contributed by atoms with Gasteiger partial charge in [0.05, 0.1) is 18.0 Å². The van der Waals surface area contributed by atoms with Crippen LogP contribution in [0.15, 0.2) is 48.9 Å². The first kappa shape index (κ1) is 17.2. The molecule has 0 aliphatic heterocycles. The number of aryl methyl sites for hydroxylation is 1. The average Bonchev–Trinajstić information content (AvgIpc) is 3.26. The van der Waals surface area contributed by atoms with Gasteiger partial charge in [0, 0.05) is 19.2 Å². The summed E-state index contributed by atoms with van der Waals surface area (Å²) in [7, 11) is 0. The van der Waals surface area contributed by atoms with E-state index in [1.807, 2.05) is 37.3 Å². The van der Waals surface area contributed by atoms with Crippen molar-refractivity contribution in [3.63, 3.8) is 0 Å². The van der Waals surface area contributed by atoms with Crippen LogP contribution >= 0.6 is 0 Å². The van der Waals surface area contributed by atoms with Gasteiger partial charge in [-0.2, -0.15) is 18.3 Å². The lowest BCUT2D eigenvalue weighted by atomic mass is 10.1. The summed E-state index contributed by atoms with van der Waals surface area (Å²) in [5.41, 5.74) is 1.32. The number of halogens is 3. The highest BCUT2D eigenvalue weighted by molar-refractivity contribution is 5.72. The van der Waals surface area contributed by atoms with Crippen molar-refractivity contribution in [1.82, 2.24) is 29.3 Å². The van der Waals surface area contributed by atoms with E-state index in [4.69, 9.17) is 0 Å². The third-order valence-corrected chi connectivity index (χ3v) is 4.15. The Morgan fingerprint density at radius 2 is 1.81 bits per heavy atom. The van der Waals surface area contributed by atoms with Gasteiger partial charge in [-0.3, -0.25) is 4.57 Å². The van der Waals surface area contributed by atoms with Crippen molar-refractivity contribution in [2.45, 2.75) is 26.1 Å². The van der Waals surface area contributed by atoms with Gasteiger partial charge in [0.15, 0.2) is 5.65 Å². The molecule has 0 N–H and O–H groups in total. The first-order valence-corrected chi connectivity index (χ1v) is 8.34. The maximum atomic E-state index is 12.9. The van der Waals surface area contributed by atoms with E-state index in [9.17, 15) is 13.2 Å². The van der Waals surface area contributed by atoms with Crippen molar-refractivity contribution in [2.24, 2.45) is 0 Å². The van der Waals surface area contributed by atoms with Crippen LogP contribution in [0.1, 0.15) is 23.9 Å². The summed E-state index contributed by atoms with van der Waals surface area (Å²) in [6.45, 7) is 2.35. The molecule has 0 aliphatic carbocycles. The molecule has 1 aromatic carbocycles. The van der Waals surface area contributed by atoms with Crippen LogP contribution in [-0.2, 0) is 19.1 Å². The van der Waals surface area contributed by atoms with E-state index in [0.29, 0.717) is 30.0 Å². The van der Waals surface area contributed by atoms with Crippen LogP contribution in [-0.4, -0.2) is 29.3 Å². The normalized spacial score (nSPS) is 12.0. The largest absolute Gasteiger partial charge is 0.419 e. The van der Waals surface area contributed by atoms with E-state index >= 15 is 0 Å². The van der Waals surface area contributed by atoms with Gasteiger partial charge in [-0.1, -0.05) is 30.3 Å². The van der Waals surface area contributed by atoms with Crippen molar-refractivity contribution in [2.75, 3.05) is 0 Å². The Kier molecular flexibility index (Phi) is 4.14. The van der Waals surface area contributed by atoms with Gasteiger partial charge in [-0.05, 0) is 12.5 Å². The topological polar surface area (TPSA) is 61.4 Å². The second kappa shape index (κ2) is 6.49. The van der Waals surface area contributed by atoms with Crippen LogP contribution in [0.25, 0.3) is 17.1 Å². The molecule has 0 atom stereocenters. The van der Waals surface area contributed by atoms with Crippen molar-refractivity contribution >= 4 is 11.2 Å². The molecule has 0 aliphatic rings. The Balaban J connectivity index is 1.75. The molecule has 138 valence electrons. The number of nitrogens with zero attached hydrogens (tertiary/aromatic N) is 6. The number of alkyl halides is 3. The zero-order valence-corrected chi connectivity index (χ0v) is 14.4. The first-order valence-electron chi connectivity index (χ1n) is 8.34. The molecule has 3 aromatic heterocycles.